The third-order valence-electron chi connectivity index (χ3n) is 3.80. The summed E-state index contributed by atoms with van der Waals surface area (Å²) in [5, 5.41) is 17.1. The van der Waals surface area contributed by atoms with Gasteiger partial charge in [0, 0.05) is 24.0 Å². The molecule has 1 aliphatic rings. The second kappa shape index (κ2) is 8.25. The van der Waals surface area contributed by atoms with Crippen molar-refractivity contribution in [3.05, 3.63) is 34.9 Å². The fourth-order valence-corrected chi connectivity index (χ4v) is 2.84. The van der Waals surface area contributed by atoms with Crippen LogP contribution in [-0.4, -0.2) is 30.3 Å². The van der Waals surface area contributed by atoms with Gasteiger partial charge in [-0.1, -0.05) is 30.2 Å². The van der Waals surface area contributed by atoms with Crippen LogP contribution in [0.15, 0.2) is 29.3 Å². The van der Waals surface area contributed by atoms with Crippen LogP contribution in [0.3, 0.4) is 0 Å². The van der Waals surface area contributed by atoms with Gasteiger partial charge < -0.3 is 15.7 Å². The van der Waals surface area contributed by atoms with E-state index in [1.807, 2.05) is 31.2 Å². The Balaban J connectivity index is 1.89. The van der Waals surface area contributed by atoms with Crippen LogP contribution < -0.4 is 10.6 Å². The second-order valence-electron chi connectivity index (χ2n) is 5.46. The zero-order chi connectivity index (χ0) is 15.1. The molecule has 4 nitrogen and oxygen atoms in total. The van der Waals surface area contributed by atoms with E-state index in [1.165, 1.54) is 0 Å². The summed E-state index contributed by atoms with van der Waals surface area (Å²) in [5.74, 6) is 1.12. The molecular formula is C16H24ClN3O. The zero-order valence-electron chi connectivity index (χ0n) is 12.5. The van der Waals surface area contributed by atoms with Gasteiger partial charge in [-0.2, -0.15) is 0 Å². The number of benzene rings is 1. The van der Waals surface area contributed by atoms with E-state index in [0.29, 0.717) is 12.5 Å². The molecule has 3 N–H and O–H groups in total. The third-order valence-corrected chi connectivity index (χ3v) is 4.04. The second-order valence-corrected chi connectivity index (χ2v) is 5.90. The Morgan fingerprint density at radius 2 is 2.24 bits per heavy atom. The van der Waals surface area contributed by atoms with Gasteiger partial charge in [0.2, 0.25) is 0 Å². The van der Waals surface area contributed by atoms with Crippen molar-refractivity contribution in [1.82, 2.24) is 10.6 Å². The van der Waals surface area contributed by atoms with Gasteiger partial charge in [0.1, 0.15) is 0 Å². The average molecular weight is 310 g/mol. The van der Waals surface area contributed by atoms with E-state index in [4.69, 9.17) is 11.6 Å². The average Bonchev–Trinajstić information content (AvgIpc) is 2.87. The van der Waals surface area contributed by atoms with Crippen molar-refractivity contribution in [3.63, 3.8) is 0 Å². The van der Waals surface area contributed by atoms with Crippen molar-refractivity contribution in [2.24, 2.45) is 10.9 Å². The van der Waals surface area contributed by atoms with Gasteiger partial charge in [0.05, 0.1) is 12.6 Å². The minimum Gasteiger partial charge on any atom is -0.393 e. The van der Waals surface area contributed by atoms with E-state index in [2.05, 4.69) is 15.6 Å². The van der Waals surface area contributed by atoms with Crippen LogP contribution in [0, 0.1) is 5.92 Å². The lowest BCUT2D eigenvalue weighted by Crippen LogP contribution is -2.41. The van der Waals surface area contributed by atoms with Crippen LogP contribution in [-0.2, 0) is 6.54 Å². The monoisotopic (exact) mass is 309 g/mol. The number of nitrogens with one attached hydrogen (secondary N) is 2. The summed E-state index contributed by atoms with van der Waals surface area (Å²) in [6, 6.07) is 7.73. The molecule has 1 fully saturated rings. The molecule has 0 spiro atoms. The smallest absolute Gasteiger partial charge is 0.191 e. The van der Waals surface area contributed by atoms with Gasteiger partial charge in [-0.05, 0) is 37.5 Å². The first-order valence-corrected chi connectivity index (χ1v) is 8.01. The summed E-state index contributed by atoms with van der Waals surface area (Å²) in [7, 11) is 0. The number of halogens is 1. The number of aliphatic hydroxyl groups excluding tert-OH is 1. The third kappa shape index (κ3) is 5.21. The summed E-state index contributed by atoms with van der Waals surface area (Å²) in [6.07, 6.45) is 2.95. The van der Waals surface area contributed by atoms with Crippen molar-refractivity contribution in [3.8, 4) is 0 Å². The number of hydrogen-bond donors (Lipinski definition) is 3. The number of guanidine groups is 1. The fraction of sp³-hybridized carbons (Fsp3) is 0.562. The largest absolute Gasteiger partial charge is 0.393 e. The lowest BCUT2D eigenvalue weighted by Gasteiger charge is -2.17. The van der Waals surface area contributed by atoms with Crippen molar-refractivity contribution in [2.75, 3.05) is 13.1 Å². The highest BCUT2D eigenvalue weighted by Crippen LogP contribution is 2.24. The molecule has 1 saturated carbocycles. The number of aliphatic imine (C=N–C) groups is 1. The minimum absolute atomic E-state index is 0.173. The first-order chi connectivity index (χ1) is 10.2. The summed E-state index contributed by atoms with van der Waals surface area (Å²) in [5.41, 5.74) is 1.08. The lowest BCUT2D eigenvalue weighted by atomic mass is 10.1. The molecule has 1 aromatic carbocycles. The van der Waals surface area contributed by atoms with Gasteiger partial charge in [-0.15, -0.1) is 0 Å². The Hall–Kier alpha value is -1.26. The van der Waals surface area contributed by atoms with Crippen LogP contribution in [0.25, 0.3) is 0 Å². The lowest BCUT2D eigenvalue weighted by molar-refractivity contribution is 0.134. The number of aliphatic hydroxyl groups is 1. The molecule has 1 aromatic rings. The Kier molecular flexibility index (Phi) is 6.33. The molecular weight excluding hydrogens is 286 g/mol. The van der Waals surface area contributed by atoms with E-state index in [0.717, 1.165) is 48.9 Å². The van der Waals surface area contributed by atoms with E-state index in [-0.39, 0.29) is 6.10 Å². The highest BCUT2D eigenvalue weighted by atomic mass is 35.5. The molecule has 2 rings (SSSR count). The van der Waals surface area contributed by atoms with E-state index in [9.17, 15) is 5.11 Å². The molecule has 1 aliphatic carbocycles. The maximum Gasteiger partial charge on any atom is 0.191 e. The maximum absolute atomic E-state index is 9.86. The predicted molar refractivity (Wildman–Crippen MR) is 87.6 cm³/mol. The summed E-state index contributed by atoms with van der Waals surface area (Å²) < 4.78 is 0. The molecule has 0 radical (unpaired) electrons. The SMILES string of the molecule is CCNC(=NCc1cccc(Cl)c1)NCC1CCCC1O. The Bertz CT molecular complexity index is 478. The summed E-state index contributed by atoms with van der Waals surface area (Å²) in [6.45, 7) is 4.21. The molecule has 0 aliphatic heterocycles. The standard InChI is InChI=1S/C16H24ClN3O/c1-2-18-16(20-11-13-6-4-8-15(13)21)19-10-12-5-3-7-14(17)9-12/h3,5,7,9,13,15,21H,2,4,6,8,10-11H2,1H3,(H2,18,19,20). The quantitative estimate of drug-likeness (QED) is 0.579. The fourth-order valence-electron chi connectivity index (χ4n) is 2.63. The van der Waals surface area contributed by atoms with Gasteiger partial charge >= 0.3 is 0 Å². The van der Waals surface area contributed by atoms with E-state index >= 15 is 0 Å². The first-order valence-electron chi connectivity index (χ1n) is 7.63. The van der Waals surface area contributed by atoms with Crippen molar-refractivity contribution in [1.29, 1.82) is 0 Å². The van der Waals surface area contributed by atoms with Crippen molar-refractivity contribution in [2.45, 2.75) is 38.8 Å². The van der Waals surface area contributed by atoms with E-state index < -0.39 is 0 Å². The van der Waals surface area contributed by atoms with Gasteiger partial charge in [0.15, 0.2) is 5.96 Å². The van der Waals surface area contributed by atoms with Crippen LogP contribution in [0.4, 0.5) is 0 Å². The summed E-state index contributed by atoms with van der Waals surface area (Å²) >= 11 is 5.98. The van der Waals surface area contributed by atoms with Gasteiger partial charge in [-0.25, -0.2) is 4.99 Å². The molecule has 0 amide bonds. The number of rotatable bonds is 5. The molecule has 0 bridgehead atoms. The van der Waals surface area contributed by atoms with Crippen LogP contribution in [0.2, 0.25) is 5.02 Å². The Morgan fingerprint density at radius 1 is 1.38 bits per heavy atom. The Labute approximate surface area is 131 Å². The predicted octanol–water partition coefficient (Wildman–Crippen LogP) is 2.56. The summed E-state index contributed by atoms with van der Waals surface area (Å²) in [4.78, 5) is 4.56. The van der Waals surface area contributed by atoms with Gasteiger partial charge in [-0.3, -0.25) is 0 Å². The molecule has 116 valence electrons. The van der Waals surface area contributed by atoms with Crippen LogP contribution in [0.1, 0.15) is 31.7 Å². The molecule has 0 aromatic heterocycles. The molecule has 0 heterocycles. The molecule has 0 saturated heterocycles. The maximum atomic E-state index is 9.86. The van der Waals surface area contributed by atoms with Crippen molar-refractivity contribution < 1.29 is 5.11 Å². The molecule has 5 heteroatoms. The van der Waals surface area contributed by atoms with E-state index in [1.54, 1.807) is 0 Å². The number of hydrogen-bond acceptors (Lipinski definition) is 2. The normalized spacial score (nSPS) is 22.3. The molecule has 21 heavy (non-hydrogen) atoms. The van der Waals surface area contributed by atoms with Crippen LogP contribution >= 0.6 is 11.6 Å². The number of nitrogens with zero attached hydrogens (tertiary/aromatic N) is 1. The molecule has 2 unspecified atom stereocenters. The first kappa shape index (κ1) is 16.1. The Morgan fingerprint density at radius 3 is 2.90 bits per heavy atom. The van der Waals surface area contributed by atoms with Crippen molar-refractivity contribution >= 4 is 17.6 Å². The highest BCUT2D eigenvalue weighted by Gasteiger charge is 2.24. The van der Waals surface area contributed by atoms with Gasteiger partial charge in [0.25, 0.3) is 0 Å². The van der Waals surface area contributed by atoms with Crippen LogP contribution in [0.5, 0.6) is 0 Å². The minimum atomic E-state index is -0.173. The topological polar surface area (TPSA) is 56.7 Å². The molecule has 2 atom stereocenters. The highest BCUT2D eigenvalue weighted by molar-refractivity contribution is 6.30. The zero-order valence-corrected chi connectivity index (χ0v) is 13.2.